The van der Waals surface area contributed by atoms with Gasteiger partial charge in [0, 0.05) is 12.1 Å². The van der Waals surface area contributed by atoms with Crippen molar-refractivity contribution in [2.75, 3.05) is 0 Å². The molecule has 0 unspecified atom stereocenters. The zero-order valence-corrected chi connectivity index (χ0v) is 12.5. The van der Waals surface area contributed by atoms with Crippen molar-refractivity contribution < 1.29 is 19.4 Å². The number of nitro benzene ring substituents is 2. The summed E-state index contributed by atoms with van der Waals surface area (Å²) >= 11 is 0. The summed E-state index contributed by atoms with van der Waals surface area (Å²) in [6.45, 7) is 3.69. The van der Waals surface area contributed by atoms with Gasteiger partial charge >= 0.3 is 0 Å². The molecule has 0 aromatic heterocycles. The van der Waals surface area contributed by atoms with Crippen LogP contribution in [0.25, 0.3) is 0 Å². The molecule has 0 saturated heterocycles. The van der Waals surface area contributed by atoms with Gasteiger partial charge in [0.25, 0.3) is 17.3 Å². The van der Waals surface area contributed by atoms with Gasteiger partial charge in [0.05, 0.1) is 27.5 Å². The van der Waals surface area contributed by atoms with Gasteiger partial charge in [-0.05, 0) is 12.3 Å². The number of carbonyl (C=O) groups is 2. The van der Waals surface area contributed by atoms with Gasteiger partial charge in [0.1, 0.15) is 0 Å². The highest BCUT2D eigenvalue weighted by atomic mass is 16.6. The molecule has 1 aromatic rings. The Bertz CT molecular complexity index is 626. The minimum absolute atomic E-state index is 0.129. The summed E-state index contributed by atoms with van der Waals surface area (Å²) in [5.74, 6) is -1.61. The molecule has 23 heavy (non-hydrogen) atoms. The van der Waals surface area contributed by atoms with Gasteiger partial charge in [0.2, 0.25) is 5.91 Å². The van der Waals surface area contributed by atoms with E-state index < -0.39 is 39.1 Å². The van der Waals surface area contributed by atoms with Crippen molar-refractivity contribution in [3.63, 3.8) is 0 Å². The number of non-ortho nitro benzene ring substituents is 2. The number of nitrogens with one attached hydrogen (secondary N) is 1. The van der Waals surface area contributed by atoms with E-state index >= 15 is 0 Å². The molecule has 1 aromatic carbocycles. The van der Waals surface area contributed by atoms with E-state index in [0.29, 0.717) is 6.42 Å². The molecule has 10 heteroatoms. The molecule has 2 amide bonds. The summed E-state index contributed by atoms with van der Waals surface area (Å²) in [6.07, 6.45) is 0.341. The highest BCUT2D eigenvalue weighted by molar-refractivity contribution is 6.06. The maximum absolute atomic E-state index is 12.0. The molecular weight excluding hydrogens is 308 g/mol. The Labute approximate surface area is 131 Å². The van der Waals surface area contributed by atoms with Crippen molar-refractivity contribution in [3.05, 3.63) is 44.0 Å². The summed E-state index contributed by atoms with van der Waals surface area (Å²) in [4.78, 5) is 43.5. The second kappa shape index (κ2) is 7.40. The highest BCUT2D eigenvalue weighted by Gasteiger charge is 2.23. The first-order valence-electron chi connectivity index (χ1n) is 6.66. The Morgan fingerprint density at radius 2 is 1.61 bits per heavy atom. The number of nitrogens with two attached hydrogens (primary N) is 1. The van der Waals surface area contributed by atoms with E-state index in [1.165, 1.54) is 0 Å². The third-order valence-electron chi connectivity index (χ3n) is 2.89. The van der Waals surface area contributed by atoms with Gasteiger partial charge in [-0.3, -0.25) is 35.1 Å². The van der Waals surface area contributed by atoms with Crippen LogP contribution < -0.4 is 11.1 Å². The Morgan fingerprint density at radius 3 is 2.00 bits per heavy atom. The van der Waals surface area contributed by atoms with E-state index in [1.807, 2.05) is 19.2 Å². The van der Waals surface area contributed by atoms with E-state index in [-0.39, 0.29) is 11.5 Å². The van der Waals surface area contributed by atoms with Crippen LogP contribution in [-0.4, -0.2) is 27.7 Å². The highest BCUT2D eigenvalue weighted by Crippen LogP contribution is 2.22. The van der Waals surface area contributed by atoms with Crippen molar-refractivity contribution in [1.29, 1.82) is 0 Å². The average Bonchev–Trinajstić information content (AvgIpc) is 2.45. The molecule has 0 saturated carbocycles. The monoisotopic (exact) mass is 324 g/mol. The number of nitro groups is 2. The quantitative estimate of drug-likeness (QED) is 0.586. The topological polar surface area (TPSA) is 158 Å². The number of hydrogen-bond donors (Lipinski definition) is 2. The van der Waals surface area contributed by atoms with Crippen LogP contribution in [0.4, 0.5) is 11.4 Å². The lowest BCUT2D eigenvalue weighted by Crippen LogP contribution is -2.44. The van der Waals surface area contributed by atoms with Gasteiger partial charge in [-0.25, -0.2) is 0 Å². The fourth-order valence-electron chi connectivity index (χ4n) is 1.83. The fraction of sp³-hybridized carbons (Fsp3) is 0.385. The number of amides is 2. The first-order valence-corrected chi connectivity index (χ1v) is 6.66. The molecule has 124 valence electrons. The van der Waals surface area contributed by atoms with Crippen molar-refractivity contribution in [2.45, 2.75) is 26.3 Å². The minimum Gasteiger partial charge on any atom is -0.320 e. The minimum atomic E-state index is -0.985. The van der Waals surface area contributed by atoms with Crippen LogP contribution >= 0.6 is 0 Å². The Balaban J connectivity index is 3.01. The zero-order chi connectivity index (χ0) is 17.7. The van der Waals surface area contributed by atoms with Crippen LogP contribution in [0.3, 0.4) is 0 Å². The smallest absolute Gasteiger partial charge is 0.277 e. The molecule has 0 fully saturated rings. The van der Waals surface area contributed by atoms with Crippen LogP contribution in [0, 0.1) is 26.1 Å². The predicted molar refractivity (Wildman–Crippen MR) is 79.7 cm³/mol. The van der Waals surface area contributed by atoms with E-state index in [1.54, 1.807) is 0 Å². The summed E-state index contributed by atoms with van der Waals surface area (Å²) in [5.41, 5.74) is 4.01. The van der Waals surface area contributed by atoms with Crippen molar-refractivity contribution in [2.24, 2.45) is 11.7 Å². The van der Waals surface area contributed by atoms with Gasteiger partial charge in [-0.2, -0.15) is 0 Å². The Morgan fingerprint density at radius 1 is 1.13 bits per heavy atom. The van der Waals surface area contributed by atoms with Gasteiger partial charge in [-0.1, -0.05) is 13.8 Å². The molecular formula is C13H16N4O6. The molecule has 0 heterocycles. The number of rotatable bonds is 6. The molecule has 0 spiro atoms. The SMILES string of the molecule is CC(C)C[C@@H](N)C(=O)NC(=O)c1cc([N+](=O)[O-])cc([N+](=O)[O-])c1. The van der Waals surface area contributed by atoms with E-state index in [4.69, 9.17) is 5.73 Å². The first kappa shape index (κ1) is 18.2. The molecule has 1 atom stereocenters. The molecule has 0 aliphatic heterocycles. The summed E-state index contributed by atoms with van der Waals surface area (Å²) < 4.78 is 0. The van der Waals surface area contributed by atoms with E-state index in [2.05, 4.69) is 0 Å². The third kappa shape index (κ3) is 5.11. The second-order valence-corrected chi connectivity index (χ2v) is 5.31. The van der Waals surface area contributed by atoms with Crippen LogP contribution in [-0.2, 0) is 4.79 Å². The molecule has 1 rings (SSSR count). The van der Waals surface area contributed by atoms with E-state index in [0.717, 1.165) is 18.2 Å². The number of nitrogens with zero attached hydrogens (tertiary/aromatic N) is 2. The Kier molecular flexibility index (Phi) is 5.85. The normalized spacial score (nSPS) is 11.8. The summed E-state index contributed by atoms with van der Waals surface area (Å²) in [6, 6.07) is 1.50. The van der Waals surface area contributed by atoms with Crippen molar-refractivity contribution >= 4 is 23.2 Å². The van der Waals surface area contributed by atoms with Crippen molar-refractivity contribution in [1.82, 2.24) is 5.32 Å². The van der Waals surface area contributed by atoms with Crippen LogP contribution in [0.5, 0.6) is 0 Å². The summed E-state index contributed by atoms with van der Waals surface area (Å²) in [7, 11) is 0. The molecule has 0 aliphatic rings. The van der Waals surface area contributed by atoms with Gasteiger partial charge in [-0.15, -0.1) is 0 Å². The third-order valence-corrected chi connectivity index (χ3v) is 2.89. The molecule has 10 nitrogen and oxygen atoms in total. The standard InChI is InChI=1S/C13H16N4O6/c1-7(2)3-11(14)13(19)15-12(18)8-4-9(16(20)21)6-10(5-8)17(22)23/h4-7,11H,3,14H2,1-2H3,(H,15,18,19)/t11-/m1/s1. The maximum Gasteiger partial charge on any atom is 0.277 e. The number of imide groups is 1. The van der Waals surface area contributed by atoms with E-state index in [9.17, 15) is 29.8 Å². The average molecular weight is 324 g/mol. The molecule has 3 N–H and O–H groups in total. The largest absolute Gasteiger partial charge is 0.320 e. The second-order valence-electron chi connectivity index (χ2n) is 5.31. The van der Waals surface area contributed by atoms with Gasteiger partial charge < -0.3 is 5.73 Å². The number of hydrogen-bond acceptors (Lipinski definition) is 7. The lowest BCUT2D eigenvalue weighted by molar-refractivity contribution is -0.394. The lowest BCUT2D eigenvalue weighted by Gasteiger charge is -2.13. The maximum atomic E-state index is 12.0. The predicted octanol–water partition coefficient (Wildman–Crippen LogP) is 1.13. The molecule has 0 radical (unpaired) electrons. The molecule has 0 aliphatic carbocycles. The van der Waals surface area contributed by atoms with Crippen LogP contribution in [0.1, 0.15) is 30.6 Å². The lowest BCUT2D eigenvalue weighted by atomic mass is 10.0. The molecule has 0 bridgehead atoms. The zero-order valence-electron chi connectivity index (χ0n) is 12.5. The van der Waals surface area contributed by atoms with Crippen LogP contribution in [0.2, 0.25) is 0 Å². The number of carbonyl (C=O) groups excluding carboxylic acids is 2. The fourth-order valence-corrected chi connectivity index (χ4v) is 1.83. The summed E-state index contributed by atoms with van der Waals surface area (Å²) in [5, 5.41) is 23.5. The Hall–Kier alpha value is -2.88. The van der Waals surface area contributed by atoms with Crippen LogP contribution in [0.15, 0.2) is 18.2 Å². The number of benzene rings is 1. The van der Waals surface area contributed by atoms with Gasteiger partial charge in [0.15, 0.2) is 0 Å². The first-order chi connectivity index (χ1) is 10.6. The van der Waals surface area contributed by atoms with Crippen molar-refractivity contribution in [3.8, 4) is 0 Å².